The predicted octanol–water partition coefficient (Wildman–Crippen LogP) is 2.05. The van der Waals surface area contributed by atoms with Crippen molar-refractivity contribution in [3.8, 4) is 11.4 Å². The normalized spacial score (nSPS) is 17.7. The van der Waals surface area contributed by atoms with Crippen LogP contribution in [0.1, 0.15) is 33.0 Å². The van der Waals surface area contributed by atoms with Gasteiger partial charge in [0, 0.05) is 25.5 Å². The van der Waals surface area contributed by atoms with Crippen LogP contribution in [-0.2, 0) is 16.1 Å². The summed E-state index contributed by atoms with van der Waals surface area (Å²) in [4.78, 5) is 37.3. The van der Waals surface area contributed by atoms with Crippen LogP contribution in [0.15, 0.2) is 18.7 Å². The van der Waals surface area contributed by atoms with Crippen LogP contribution in [0.5, 0.6) is 0 Å². The molecule has 0 saturated carbocycles. The lowest BCUT2D eigenvalue weighted by Crippen LogP contribution is -2.52. The molecule has 1 aliphatic rings. The molecule has 1 aliphatic heterocycles. The maximum atomic E-state index is 13.2. The highest BCUT2D eigenvalue weighted by atomic mass is 16.5. The number of amides is 1. The molecule has 1 unspecified atom stereocenters. The third-order valence-corrected chi connectivity index (χ3v) is 5.56. The van der Waals surface area contributed by atoms with Crippen LogP contribution >= 0.6 is 0 Å². The van der Waals surface area contributed by atoms with Gasteiger partial charge >= 0.3 is 0 Å². The Bertz CT molecular complexity index is 1070. The van der Waals surface area contributed by atoms with Crippen molar-refractivity contribution in [3.05, 3.63) is 24.5 Å². The molecule has 3 aromatic rings. The number of fused-ring (bicyclic) bond motifs is 1. The van der Waals surface area contributed by atoms with Crippen molar-refractivity contribution < 1.29 is 9.53 Å². The minimum atomic E-state index is -0.406. The highest BCUT2D eigenvalue weighted by molar-refractivity contribution is 5.90. The summed E-state index contributed by atoms with van der Waals surface area (Å²) in [5.41, 5.74) is 2.14. The Kier molecular flexibility index (Phi) is 6.08. The van der Waals surface area contributed by atoms with Crippen LogP contribution in [0.4, 0.5) is 5.82 Å². The first-order valence-electron chi connectivity index (χ1n) is 10.7. The summed E-state index contributed by atoms with van der Waals surface area (Å²) in [6.45, 7) is 10.3. The molecule has 0 aromatic carbocycles. The lowest BCUT2D eigenvalue weighted by atomic mass is 10.1. The minimum absolute atomic E-state index is 0.0483. The summed E-state index contributed by atoms with van der Waals surface area (Å²) in [6, 6.07) is -0.355. The second-order valence-electron chi connectivity index (χ2n) is 7.65. The van der Waals surface area contributed by atoms with Gasteiger partial charge in [0.1, 0.15) is 24.0 Å². The van der Waals surface area contributed by atoms with Gasteiger partial charge in [0.05, 0.1) is 24.8 Å². The average Bonchev–Trinajstić information content (AvgIpc) is 3.17. The SMILES string of the molecule is CCC(Nc1ncnc2c1nc(-c1cnc(C)nc1)n2CC)C(=O)N1CCOC[C@@H]1C. The molecule has 1 fully saturated rings. The smallest absolute Gasteiger partial charge is 0.245 e. The largest absolute Gasteiger partial charge is 0.377 e. The number of morpholine rings is 1. The number of aryl methyl sites for hydroxylation is 2. The van der Waals surface area contributed by atoms with Crippen molar-refractivity contribution in [1.82, 2.24) is 34.4 Å². The van der Waals surface area contributed by atoms with Crippen LogP contribution in [0.3, 0.4) is 0 Å². The maximum absolute atomic E-state index is 13.2. The zero-order valence-corrected chi connectivity index (χ0v) is 18.4. The molecule has 3 aromatic heterocycles. The number of anilines is 1. The van der Waals surface area contributed by atoms with E-state index < -0.39 is 6.04 Å². The molecule has 1 amide bonds. The van der Waals surface area contributed by atoms with Crippen molar-refractivity contribution in [2.45, 2.75) is 52.7 Å². The molecule has 1 saturated heterocycles. The fourth-order valence-electron chi connectivity index (χ4n) is 3.83. The Morgan fingerprint density at radius 3 is 2.71 bits per heavy atom. The number of hydrogen-bond acceptors (Lipinski definition) is 8. The first-order valence-corrected chi connectivity index (χ1v) is 10.7. The molecule has 0 spiro atoms. The number of hydrogen-bond donors (Lipinski definition) is 1. The predicted molar refractivity (Wildman–Crippen MR) is 116 cm³/mol. The Labute approximate surface area is 181 Å². The van der Waals surface area contributed by atoms with Gasteiger partial charge in [-0.05, 0) is 27.2 Å². The topological polar surface area (TPSA) is 111 Å². The zero-order valence-electron chi connectivity index (χ0n) is 18.4. The number of nitrogens with one attached hydrogen (secondary N) is 1. The highest BCUT2D eigenvalue weighted by Gasteiger charge is 2.30. The van der Waals surface area contributed by atoms with Crippen LogP contribution < -0.4 is 5.32 Å². The van der Waals surface area contributed by atoms with Crippen molar-refractivity contribution in [1.29, 1.82) is 0 Å². The van der Waals surface area contributed by atoms with E-state index in [0.29, 0.717) is 55.5 Å². The fourth-order valence-corrected chi connectivity index (χ4v) is 3.83. The lowest BCUT2D eigenvalue weighted by molar-refractivity contribution is -0.140. The average molecular weight is 425 g/mol. The van der Waals surface area contributed by atoms with Gasteiger partial charge in [0.25, 0.3) is 0 Å². The van der Waals surface area contributed by atoms with E-state index in [1.165, 1.54) is 6.33 Å². The molecule has 10 nitrogen and oxygen atoms in total. The molecule has 164 valence electrons. The van der Waals surface area contributed by atoms with Crippen molar-refractivity contribution in [2.75, 3.05) is 25.1 Å². The monoisotopic (exact) mass is 424 g/mol. The quantitative estimate of drug-likeness (QED) is 0.640. The first-order chi connectivity index (χ1) is 15.0. The Balaban J connectivity index is 1.69. The summed E-state index contributed by atoms with van der Waals surface area (Å²) in [7, 11) is 0. The van der Waals surface area contributed by atoms with Crippen LogP contribution in [0.25, 0.3) is 22.6 Å². The van der Waals surface area contributed by atoms with Gasteiger partial charge in [-0.25, -0.2) is 24.9 Å². The van der Waals surface area contributed by atoms with E-state index in [1.807, 2.05) is 37.2 Å². The molecule has 31 heavy (non-hydrogen) atoms. The van der Waals surface area contributed by atoms with Gasteiger partial charge < -0.3 is 19.5 Å². The Morgan fingerprint density at radius 1 is 1.26 bits per heavy atom. The summed E-state index contributed by atoms with van der Waals surface area (Å²) < 4.78 is 7.47. The van der Waals surface area contributed by atoms with E-state index in [0.717, 1.165) is 11.4 Å². The minimum Gasteiger partial charge on any atom is -0.377 e. The molecular weight excluding hydrogens is 396 g/mol. The van der Waals surface area contributed by atoms with Gasteiger partial charge in [0.2, 0.25) is 5.91 Å². The maximum Gasteiger partial charge on any atom is 0.245 e. The fraction of sp³-hybridized carbons (Fsp3) is 0.524. The summed E-state index contributed by atoms with van der Waals surface area (Å²) in [6.07, 6.45) is 5.65. The number of rotatable bonds is 6. The van der Waals surface area contributed by atoms with Gasteiger partial charge in [-0.3, -0.25) is 4.79 Å². The van der Waals surface area contributed by atoms with E-state index in [1.54, 1.807) is 12.4 Å². The Morgan fingerprint density at radius 2 is 2.03 bits per heavy atom. The third kappa shape index (κ3) is 4.07. The number of imidazole rings is 1. The molecule has 10 heteroatoms. The number of ether oxygens (including phenoxy) is 1. The number of nitrogens with zero attached hydrogens (tertiary/aromatic N) is 7. The van der Waals surface area contributed by atoms with Gasteiger partial charge in [-0.2, -0.15) is 0 Å². The third-order valence-electron chi connectivity index (χ3n) is 5.56. The first kappa shape index (κ1) is 21.1. The summed E-state index contributed by atoms with van der Waals surface area (Å²) >= 11 is 0. The molecule has 0 radical (unpaired) electrons. The van der Waals surface area contributed by atoms with Crippen LogP contribution in [0, 0.1) is 6.92 Å². The van der Waals surface area contributed by atoms with Crippen LogP contribution in [-0.4, -0.2) is 72.1 Å². The van der Waals surface area contributed by atoms with Crippen LogP contribution in [0.2, 0.25) is 0 Å². The van der Waals surface area contributed by atoms with Crippen molar-refractivity contribution >= 4 is 22.9 Å². The van der Waals surface area contributed by atoms with E-state index in [-0.39, 0.29) is 11.9 Å². The molecule has 0 aliphatic carbocycles. The molecule has 2 atom stereocenters. The number of carbonyl (C=O) groups is 1. The van der Waals surface area contributed by atoms with Gasteiger partial charge in [0.15, 0.2) is 17.0 Å². The van der Waals surface area contributed by atoms with Gasteiger partial charge in [-0.15, -0.1) is 0 Å². The molecule has 4 heterocycles. The van der Waals surface area contributed by atoms with Crippen molar-refractivity contribution in [2.24, 2.45) is 0 Å². The summed E-state index contributed by atoms with van der Waals surface area (Å²) in [5, 5.41) is 3.32. The van der Waals surface area contributed by atoms with E-state index in [9.17, 15) is 4.79 Å². The van der Waals surface area contributed by atoms with Crippen molar-refractivity contribution in [3.63, 3.8) is 0 Å². The van der Waals surface area contributed by atoms with E-state index in [2.05, 4.69) is 25.3 Å². The Hall–Kier alpha value is -3.14. The standard InChI is InChI=1S/C21H28N8O2/c1-5-16(21(30)29-7-8-31-11-13(29)3)26-18-17-20(25-12-24-18)28(6-2)19(27-17)15-9-22-14(4)23-10-15/h9-10,12-13,16H,5-8,11H2,1-4H3,(H,24,25,26)/t13-,16?/m0/s1. The van der Waals surface area contributed by atoms with E-state index in [4.69, 9.17) is 9.72 Å². The summed E-state index contributed by atoms with van der Waals surface area (Å²) in [5.74, 6) is 2.02. The second kappa shape index (κ2) is 8.93. The molecule has 0 bridgehead atoms. The zero-order chi connectivity index (χ0) is 22.0. The van der Waals surface area contributed by atoms with E-state index >= 15 is 0 Å². The molecular formula is C21H28N8O2. The lowest BCUT2D eigenvalue weighted by Gasteiger charge is -2.35. The number of carbonyl (C=O) groups excluding carboxylic acids is 1. The molecule has 4 rings (SSSR count). The number of aromatic nitrogens is 6. The van der Waals surface area contributed by atoms with Gasteiger partial charge in [-0.1, -0.05) is 6.92 Å². The molecule has 1 N–H and O–H groups in total. The second-order valence-corrected chi connectivity index (χ2v) is 7.65. The highest BCUT2D eigenvalue weighted by Crippen LogP contribution is 2.27.